The van der Waals surface area contributed by atoms with Crippen LogP contribution >= 0.6 is 0 Å². The van der Waals surface area contributed by atoms with E-state index in [1.165, 1.54) is 0 Å². The standard InChI is InChI=1S/C29H26N2O2/c1-4-33-25-16-14-24(15-17-25)30-20(2)18-22(21(30)3)19-27-26-12-8-9-13-28(26)31(29(27)32)23-10-6-5-7-11-23/h5-19H,4H2,1-3H3/b27-19+. The van der Waals surface area contributed by atoms with Gasteiger partial charge in [-0.3, -0.25) is 9.69 Å². The summed E-state index contributed by atoms with van der Waals surface area (Å²) >= 11 is 0. The van der Waals surface area contributed by atoms with Gasteiger partial charge in [-0.2, -0.15) is 0 Å². The van der Waals surface area contributed by atoms with Gasteiger partial charge in [-0.25, -0.2) is 0 Å². The number of nitrogens with zero attached hydrogens (tertiary/aromatic N) is 2. The summed E-state index contributed by atoms with van der Waals surface area (Å²) in [7, 11) is 0. The van der Waals surface area contributed by atoms with Crippen molar-refractivity contribution in [2.75, 3.05) is 11.5 Å². The van der Waals surface area contributed by atoms with Crippen LogP contribution in [0.3, 0.4) is 0 Å². The van der Waals surface area contributed by atoms with Crippen molar-refractivity contribution in [1.29, 1.82) is 0 Å². The van der Waals surface area contributed by atoms with E-state index in [1.54, 1.807) is 4.90 Å². The molecule has 0 fully saturated rings. The van der Waals surface area contributed by atoms with E-state index in [0.717, 1.165) is 45.3 Å². The van der Waals surface area contributed by atoms with Crippen LogP contribution in [0.25, 0.3) is 17.3 Å². The lowest BCUT2D eigenvalue weighted by Gasteiger charge is -2.16. The molecule has 0 unspecified atom stereocenters. The van der Waals surface area contributed by atoms with E-state index in [2.05, 4.69) is 36.6 Å². The number of aryl methyl sites for hydroxylation is 1. The van der Waals surface area contributed by atoms with Gasteiger partial charge < -0.3 is 9.30 Å². The van der Waals surface area contributed by atoms with Crippen molar-refractivity contribution in [3.05, 3.63) is 107 Å². The second-order valence-electron chi connectivity index (χ2n) is 8.14. The molecule has 0 N–H and O–H groups in total. The van der Waals surface area contributed by atoms with Crippen molar-refractivity contribution >= 4 is 28.9 Å². The van der Waals surface area contributed by atoms with Gasteiger partial charge in [0.1, 0.15) is 5.75 Å². The maximum Gasteiger partial charge on any atom is 0.263 e. The molecule has 2 heterocycles. The Morgan fingerprint density at radius 1 is 0.848 bits per heavy atom. The van der Waals surface area contributed by atoms with Crippen molar-refractivity contribution in [3.63, 3.8) is 0 Å². The number of anilines is 2. The summed E-state index contributed by atoms with van der Waals surface area (Å²) in [6, 6.07) is 28.0. The van der Waals surface area contributed by atoms with E-state index in [0.29, 0.717) is 12.2 Å². The lowest BCUT2D eigenvalue weighted by Crippen LogP contribution is -2.20. The molecule has 0 radical (unpaired) electrons. The summed E-state index contributed by atoms with van der Waals surface area (Å²) in [5.74, 6) is 0.855. The van der Waals surface area contributed by atoms with Crippen LogP contribution in [0.2, 0.25) is 0 Å². The third-order valence-corrected chi connectivity index (χ3v) is 6.06. The zero-order valence-electron chi connectivity index (χ0n) is 19.1. The van der Waals surface area contributed by atoms with Crippen molar-refractivity contribution in [2.45, 2.75) is 20.8 Å². The SMILES string of the molecule is CCOc1ccc(-n2c(C)cc(/C=C3/C(=O)N(c4ccccc4)c4ccccc43)c2C)cc1. The normalized spacial score (nSPS) is 14.1. The van der Waals surface area contributed by atoms with Gasteiger partial charge >= 0.3 is 0 Å². The fraction of sp³-hybridized carbons (Fsp3) is 0.138. The number of aromatic nitrogens is 1. The number of hydrogen-bond acceptors (Lipinski definition) is 2. The molecule has 1 aliphatic rings. The fourth-order valence-electron chi connectivity index (χ4n) is 4.56. The zero-order valence-corrected chi connectivity index (χ0v) is 19.1. The second kappa shape index (κ2) is 8.47. The topological polar surface area (TPSA) is 34.5 Å². The van der Waals surface area contributed by atoms with Crippen LogP contribution in [-0.4, -0.2) is 17.1 Å². The second-order valence-corrected chi connectivity index (χ2v) is 8.14. The predicted molar refractivity (Wildman–Crippen MR) is 134 cm³/mol. The smallest absolute Gasteiger partial charge is 0.263 e. The minimum Gasteiger partial charge on any atom is -0.494 e. The largest absolute Gasteiger partial charge is 0.494 e. The van der Waals surface area contributed by atoms with E-state index in [4.69, 9.17) is 4.74 Å². The van der Waals surface area contributed by atoms with Crippen LogP contribution < -0.4 is 9.64 Å². The molecule has 4 aromatic rings. The van der Waals surface area contributed by atoms with Crippen LogP contribution in [0.4, 0.5) is 11.4 Å². The molecule has 164 valence electrons. The summed E-state index contributed by atoms with van der Waals surface area (Å²) in [4.78, 5) is 15.4. The lowest BCUT2D eigenvalue weighted by atomic mass is 10.0. The third kappa shape index (κ3) is 3.64. The van der Waals surface area contributed by atoms with Gasteiger partial charge in [0.2, 0.25) is 0 Å². The molecule has 1 amide bonds. The molecule has 1 aliphatic heterocycles. The number of benzene rings is 3. The number of fused-ring (bicyclic) bond motifs is 1. The first-order chi connectivity index (χ1) is 16.1. The zero-order chi connectivity index (χ0) is 22.9. The maximum absolute atomic E-state index is 13.6. The summed E-state index contributed by atoms with van der Waals surface area (Å²) in [6.07, 6.45) is 2.03. The lowest BCUT2D eigenvalue weighted by molar-refractivity contribution is -0.112. The van der Waals surface area contributed by atoms with Crippen molar-refractivity contribution in [3.8, 4) is 11.4 Å². The minimum atomic E-state index is -0.00623. The monoisotopic (exact) mass is 434 g/mol. The van der Waals surface area contributed by atoms with E-state index < -0.39 is 0 Å². The molecule has 5 rings (SSSR count). The average Bonchev–Trinajstić information content (AvgIpc) is 3.27. The third-order valence-electron chi connectivity index (χ3n) is 6.06. The Morgan fingerprint density at radius 2 is 1.55 bits per heavy atom. The summed E-state index contributed by atoms with van der Waals surface area (Å²) in [6.45, 7) is 6.81. The Balaban J connectivity index is 1.57. The Morgan fingerprint density at radius 3 is 2.27 bits per heavy atom. The van der Waals surface area contributed by atoms with Crippen molar-refractivity contribution in [1.82, 2.24) is 4.57 Å². The highest BCUT2D eigenvalue weighted by atomic mass is 16.5. The number of ether oxygens (including phenoxy) is 1. The van der Waals surface area contributed by atoms with Gasteiger partial charge in [-0.1, -0.05) is 36.4 Å². The fourth-order valence-corrected chi connectivity index (χ4v) is 4.56. The molecule has 1 aromatic heterocycles. The summed E-state index contributed by atoms with van der Waals surface area (Å²) in [5, 5.41) is 0. The molecule has 4 heteroatoms. The Labute approximate surface area is 194 Å². The van der Waals surface area contributed by atoms with Gasteiger partial charge in [-0.05, 0) is 80.9 Å². The van der Waals surface area contributed by atoms with Gasteiger partial charge in [0.25, 0.3) is 5.91 Å². The summed E-state index contributed by atoms with van der Waals surface area (Å²) < 4.78 is 7.79. The van der Waals surface area contributed by atoms with Crippen molar-refractivity contribution < 1.29 is 9.53 Å². The number of hydrogen-bond donors (Lipinski definition) is 0. The predicted octanol–water partition coefficient (Wildman–Crippen LogP) is 6.71. The number of carbonyl (C=O) groups is 1. The molecule has 4 nitrogen and oxygen atoms in total. The van der Waals surface area contributed by atoms with E-state index in [-0.39, 0.29) is 5.91 Å². The van der Waals surface area contributed by atoms with Crippen LogP contribution in [0.5, 0.6) is 5.75 Å². The molecule has 33 heavy (non-hydrogen) atoms. The molecule has 0 saturated heterocycles. The highest BCUT2D eigenvalue weighted by molar-refractivity contribution is 6.38. The van der Waals surface area contributed by atoms with Crippen LogP contribution in [0.15, 0.2) is 84.9 Å². The number of para-hydroxylation sites is 2. The number of rotatable bonds is 5. The van der Waals surface area contributed by atoms with Gasteiger partial charge in [-0.15, -0.1) is 0 Å². The molecule has 0 bridgehead atoms. The van der Waals surface area contributed by atoms with Gasteiger partial charge in [0.15, 0.2) is 0 Å². The van der Waals surface area contributed by atoms with Crippen molar-refractivity contribution in [2.24, 2.45) is 0 Å². The highest BCUT2D eigenvalue weighted by Crippen LogP contribution is 2.42. The first kappa shape index (κ1) is 20.8. The molecule has 3 aromatic carbocycles. The van der Waals surface area contributed by atoms with Crippen LogP contribution in [0.1, 0.15) is 29.4 Å². The molecular formula is C29H26N2O2. The quantitative estimate of drug-likeness (QED) is 0.327. The van der Waals surface area contributed by atoms with E-state index in [1.807, 2.05) is 79.7 Å². The number of amides is 1. The molecule has 0 atom stereocenters. The molecule has 0 spiro atoms. The van der Waals surface area contributed by atoms with Gasteiger partial charge in [0, 0.05) is 28.3 Å². The van der Waals surface area contributed by atoms with E-state index in [9.17, 15) is 4.79 Å². The minimum absolute atomic E-state index is 0.00623. The Kier molecular flexibility index (Phi) is 5.35. The Bertz CT molecular complexity index is 1350. The Hall–Kier alpha value is -4.05. The average molecular weight is 435 g/mol. The van der Waals surface area contributed by atoms with Crippen LogP contribution in [0, 0.1) is 13.8 Å². The first-order valence-corrected chi connectivity index (χ1v) is 11.2. The number of carbonyl (C=O) groups excluding carboxylic acids is 1. The van der Waals surface area contributed by atoms with Crippen LogP contribution in [-0.2, 0) is 4.79 Å². The first-order valence-electron chi connectivity index (χ1n) is 11.2. The summed E-state index contributed by atoms with van der Waals surface area (Å²) in [5.41, 5.74) is 7.77. The molecular weight excluding hydrogens is 408 g/mol. The van der Waals surface area contributed by atoms with Gasteiger partial charge in [0.05, 0.1) is 17.9 Å². The molecule has 0 aliphatic carbocycles. The molecule has 0 saturated carbocycles. The highest BCUT2D eigenvalue weighted by Gasteiger charge is 2.33. The maximum atomic E-state index is 13.6. The van der Waals surface area contributed by atoms with E-state index >= 15 is 0 Å².